The fourth-order valence-corrected chi connectivity index (χ4v) is 2.43. The van der Waals surface area contributed by atoms with Crippen LogP contribution >= 0.6 is 0 Å². The van der Waals surface area contributed by atoms with Crippen LogP contribution in [0.15, 0.2) is 48.5 Å². The van der Waals surface area contributed by atoms with Crippen LogP contribution in [0.4, 0.5) is 10.1 Å². The second-order valence-corrected chi connectivity index (χ2v) is 4.75. The molecule has 4 nitrogen and oxygen atoms in total. The Morgan fingerprint density at radius 1 is 1.05 bits per heavy atom. The number of hydrogen-bond acceptors (Lipinski definition) is 3. The number of phenols is 1. The van der Waals surface area contributed by atoms with E-state index in [1.165, 1.54) is 17.0 Å². The number of phenolic OH excluding ortho intramolecular Hbond substituents is 1. The summed E-state index contributed by atoms with van der Waals surface area (Å²) in [4.78, 5) is 13.5. The first-order valence-electron chi connectivity index (χ1n) is 6.21. The van der Waals surface area contributed by atoms with Gasteiger partial charge in [0, 0.05) is 5.69 Å². The van der Waals surface area contributed by atoms with Gasteiger partial charge in [0.25, 0.3) is 0 Å². The molecule has 102 valence electrons. The van der Waals surface area contributed by atoms with E-state index in [1.807, 2.05) is 0 Å². The Morgan fingerprint density at radius 3 is 2.25 bits per heavy atom. The predicted octanol–water partition coefficient (Wildman–Crippen LogP) is 1.95. The largest absolute Gasteiger partial charge is 0.508 e. The monoisotopic (exact) mass is 272 g/mol. The van der Waals surface area contributed by atoms with Crippen molar-refractivity contribution in [2.24, 2.45) is 5.73 Å². The summed E-state index contributed by atoms with van der Waals surface area (Å²) in [5.41, 5.74) is 7.31. The second-order valence-electron chi connectivity index (χ2n) is 4.75. The molecule has 3 N–H and O–H groups in total. The van der Waals surface area contributed by atoms with Gasteiger partial charge in [0.2, 0.25) is 5.91 Å². The third kappa shape index (κ3) is 1.92. The normalized spacial score (nSPS) is 21.7. The molecule has 1 amide bonds. The van der Waals surface area contributed by atoms with Gasteiger partial charge in [-0.05, 0) is 42.0 Å². The number of benzene rings is 2. The summed E-state index contributed by atoms with van der Waals surface area (Å²) in [6.45, 7) is 0. The van der Waals surface area contributed by atoms with E-state index in [0.717, 1.165) is 5.56 Å². The molecule has 2 aromatic carbocycles. The van der Waals surface area contributed by atoms with Gasteiger partial charge in [-0.15, -0.1) is 0 Å². The lowest BCUT2D eigenvalue weighted by molar-refractivity contribution is -0.126. The van der Waals surface area contributed by atoms with Crippen LogP contribution in [-0.4, -0.2) is 17.1 Å². The summed E-state index contributed by atoms with van der Waals surface area (Å²) in [6.07, 6.45) is 0. The van der Waals surface area contributed by atoms with Gasteiger partial charge >= 0.3 is 0 Å². The molecule has 0 aliphatic carbocycles. The minimum absolute atomic E-state index is 0.154. The van der Waals surface area contributed by atoms with E-state index in [9.17, 15) is 14.3 Å². The molecule has 1 saturated heterocycles. The Morgan fingerprint density at radius 2 is 1.65 bits per heavy atom. The van der Waals surface area contributed by atoms with Crippen molar-refractivity contribution in [2.75, 3.05) is 4.90 Å². The number of rotatable bonds is 2. The van der Waals surface area contributed by atoms with Crippen LogP contribution in [0, 0.1) is 5.82 Å². The fourth-order valence-electron chi connectivity index (χ4n) is 2.43. The van der Waals surface area contributed by atoms with Crippen LogP contribution < -0.4 is 10.6 Å². The molecule has 0 bridgehead atoms. The van der Waals surface area contributed by atoms with Gasteiger partial charge in [-0.25, -0.2) is 4.39 Å². The maximum Gasteiger partial charge on any atom is 0.247 e. The van der Waals surface area contributed by atoms with E-state index in [4.69, 9.17) is 5.73 Å². The molecule has 0 saturated carbocycles. The van der Waals surface area contributed by atoms with Crippen LogP contribution in [0.3, 0.4) is 0 Å². The molecular formula is C15H13FN2O2. The first kappa shape index (κ1) is 12.6. The number of carbonyl (C=O) groups excluding carboxylic acids is 1. The van der Waals surface area contributed by atoms with E-state index in [2.05, 4.69) is 0 Å². The lowest BCUT2D eigenvalue weighted by atomic mass is 9.88. The number of nitrogens with zero attached hydrogens (tertiary/aromatic N) is 1. The molecule has 1 fully saturated rings. The molecular weight excluding hydrogens is 259 g/mol. The van der Waals surface area contributed by atoms with E-state index in [0.29, 0.717) is 5.69 Å². The number of halogens is 1. The summed E-state index contributed by atoms with van der Waals surface area (Å²) in [7, 11) is 0. The molecule has 0 radical (unpaired) electrons. The third-order valence-electron chi connectivity index (χ3n) is 3.48. The summed E-state index contributed by atoms with van der Waals surface area (Å²) < 4.78 is 13.0. The van der Waals surface area contributed by atoms with Crippen molar-refractivity contribution < 1.29 is 14.3 Å². The molecule has 2 atom stereocenters. The highest BCUT2D eigenvalue weighted by Gasteiger charge is 2.46. The molecule has 0 spiro atoms. The standard InChI is InChI=1S/C15H13FN2O2/c16-10-3-5-11(6-4-10)18-14(13(17)15(18)20)9-1-7-12(19)8-2-9/h1-8,13-14,19H,17H2. The minimum Gasteiger partial charge on any atom is -0.508 e. The van der Waals surface area contributed by atoms with Gasteiger partial charge in [-0.3, -0.25) is 4.79 Å². The van der Waals surface area contributed by atoms with Gasteiger partial charge in [0.1, 0.15) is 17.6 Å². The number of β-lactam (4-membered cyclic amide) rings is 1. The van der Waals surface area contributed by atoms with E-state index >= 15 is 0 Å². The predicted molar refractivity (Wildman–Crippen MR) is 72.7 cm³/mol. The van der Waals surface area contributed by atoms with Crippen molar-refractivity contribution in [3.05, 3.63) is 59.9 Å². The zero-order chi connectivity index (χ0) is 14.3. The maximum absolute atomic E-state index is 13.0. The van der Waals surface area contributed by atoms with Crippen molar-refractivity contribution in [3.8, 4) is 5.75 Å². The number of carbonyl (C=O) groups is 1. The van der Waals surface area contributed by atoms with Gasteiger partial charge in [-0.2, -0.15) is 0 Å². The molecule has 2 aromatic rings. The average Bonchev–Trinajstić information content (AvgIpc) is 2.46. The average molecular weight is 272 g/mol. The van der Waals surface area contributed by atoms with Crippen molar-refractivity contribution in [1.29, 1.82) is 0 Å². The van der Waals surface area contributed by atoms with Crippen LogP contribution in [0.25, 0.3) is 0 Å². The molecule has 3 rings (SSSR count). The van der Waals surface area contributed by atoms with Crippen LogP contribution in [0.1, 0.15) is 11.6 Å². The Labute approximate surface area is 115 Å². The molecule has 0 aromatic heterocycles. The van der Waals surface area contributed by atoms with Gasteiger partial charge in [0.05, 0.1) is 6.04 Å². The van der Waals surface area contributed by atoms with Crippen molar-refractivity contribution in [1.82, 2.24) is 0 Å². The first-order chi connectivity index (χ1) is 9.58. The van der Waals surface area contributed by atoms with Crippen molar-refractivity contribution in [3.63, 3.8) is 0 Å². The van der Waals surface area contributed by atoms with Crippen LogP contribution in [-0.2, 0) is 4.79 Å². The lowest BCUT2D eigenvalue weighted by Gasteiger charge is -2.45. The Balaban J connectivity index is 1.95. The number of aromatic hydroxyl groups is 1. The number of nitrogens with two attached hydrogens (primary N) is 1. The third-order valence-corrected chi connectivity index (χ3v) is 3.48. The topological polar surface area (TPSA) is 66.6 Å². The van der Waals surface area contributed by atoms with Gasteiger partial charge < -0.3 is 15.7 Å². The summed E-state index contributed by atoms with van der Waals surface area (Å²) in [6, 6.07) is 11.3. The smallest absolute Gasteiger partial charge is 0.247 e. The second kappa shape index (κ2) is 4.61. The Bertz CT molecular complexity index is 640. The fraction of sp³-hybridized carbons (Fsp3) is 0.133. The highest BCUT2D eigenvalue weighted by atomic mass is 19.1. The van der Waals surface area contributed by atoms with Crippen molar-refractivity contribution >= 4 is 11.6 Å². The van der Waals surface area contributed by atoms with Gasteiger partial charge in [-0.1, -0.05) is 12.1 Å². The molecule has 1 heterocycles. The molecule has 1 aliphatic rings. The Hall–Kier alpha value is -2.40. The number of amides is 1. The molecule has 1 aliphatic heterocycles. The molecule has 5 heteroatoms. The van der Waals surface area contributed by atoms with E-state index < -0.39 is 6.04 Å². The first-order valence-corrected chi connectivity index (χ1v) is 6.21. The molecule has 20 heavy (non-hydrogen) atoms. The summed E-state index contributed by atoms with van der Waals surface area (Å²) in [5.74, 6) is -0.400. The highest BCUT2D eigenvalue weighted by Crippen LogP contribution is 2.38. The van der Waals surface area contributed by atoms with Gasteiger partial charge in [0.15, 0.2) is 0 Å². The lowest BCUT2D eigenvalue weighted by Crippen LogP contribution is -2.63. The maximum atomic E-state index is 13.0. The number of anilines is 1. The quantitative estimate of drug-likeness (QED) is 0.821. The molecule has 2 unspecified atom stereocenters. The van der Waals surface area contributed by atoms with Crippen LogP contribution in [0.2, 0.25) is 0 Å². The summed E-state index contributed by atoms with van der Waals surface area (Å²) in [5, 5.41) is 9.31. The van der Waals surface area contributed by atoms with Crippen molar-refractivity contribution in [2.45, 2.75) is 12.1 Å². The minimum atomic E-state index is -0.621. The Kier molecular flexibility index (Phi) is 2.91. The zero-order valence-corrected chi connectivity index (χ0v) is 10.5. The SMILES string of the molecule is NC1C(=O)N(c2ccc(F)cc2)C1c1ccc(O)cc1. The highest BCUT2D eigenvalue weighted by molar-refractivity contribution is 6.05. The number of hydrogen-bond donors (Lipinski definition) is 2. The summed E-state index contributed by atoms with van der Waals surface area (Å²) >= 11 is 0. The van der Waals surface area contributed by atoms with E-state index in [-0.39, 0.29) is 23.5 Å². The zero-order valence-electron chi connectivity index (χ0n) is 10.5. The van der Waals surface area contributed by atoms with Crippen LogP contribution in [0.5, 0.6) is 5.75 Å². The van der Waals surface area contributed by atoms with E-state index in [1.54, 1.807) is 36.4 Å².